The Morgan fingerprint density at radius 1 is 1.13 bits per heavy atom. The average molecular weight is 649 g/mol. The second-order valence-corrected chi connectivity index (χ2v) is 13.2. The summed E-state index contributed by atoms with van der Waals surface area (Å²) in [7, 11) is 0. The molecule has 5 rings (SSSR count). The maximum atomic E-state index is 14.8. The fraction of sp³-hybridized carbons (Fsp3) is 0.441. The Morgan fingerprint density at radius 3 is 2.67 bits per heavy atom. The molecule has 3 heterocycles. The second kappa shape index (κ2) is 15.0. The number of carbonyl (C=O) groups is 4. The van der Waals surface area contributed by atoms with E-state index in [2.05, 4.69) is 15.6 Å². The van der Waals surface area contributed by atoms with Crippen molar-refractivity contribution in [3.8, 4) is 0 Å². The van der Waals surface area contributed by atoms with Crippen LogP contribution in [-0.2, 0) is 22.4 Å². The van der Waals surface area contributed by atoms with Crippen molar-refractivity contribution in [2.45, 2.75) is 64.1 Å². The van der Waals surface area contributed by atoms with Crippen LogP contribution >= 0.6 is 11.3 Å². The van der Waals surface area contributed by atoms with Gasteiger partial charge in [-0.3, -0.25) is 19.2 Å². The van der Waals surface area contributed by atoms with Gasteiger partial charge in [0.1, 0.15) is 22.6 Å². The number of aryl methyl sites for hydroxylation is 1. The predicted octanol–water partition coefficient (Wildman–Crippen LogP) is 3.47. The Kier molecular flexibility index (Phi) is 10.8. The van der Waals surface area contributed by atoms with Crippen molar-refractivity contribution in [1.29, 1.82) is 0 Å². The molecule has 3 aromatic rings. The highest BCUT2D eigenvalue weighted by Gasteiger charge is 2.37. The first-order valence-corrected chi connectivity index (χ1v) is 16.7. The summed E-state index contributed by atoms with van der Waals surface area (Å²) >= 11 is 1.30. The molecule has 2 aromatic carbocycles. The molecule has 12 heteroatoms. The summed E-state index contributed by atoms with van der Waals surface area (Å²) in [6, 6.07) is 12.5. The van der Waals surface area contributed by atoms with E-state index < -0.39 is 35.8 Å². The van der Waals surface area contributed by atoms with E-state index >= 15 is 0 Å². The molecule has 1 saturated heterocycles. The topological polar surface area (TPSA) is 138 Å². The molecule has 0 aliphatic carbocycles. The van der Waals surface area contributed by atoms with Gasteiger partial charge in [-0.05, 0) is 61.3 Å². The minimum absolute atomic E-state index is 0.0503. The van der Waals surface area contributed by atoms with E-state index in [4.69, 9.17) is 5.73 Å². The van der Waals surface area contributed by atoms with Gasteiger partial charge >= 0.3 is 0 Å². The minimum Gasteiger partial charge on any atom is -0.355 e. The zero-order valence-corrected chi connectivity index (χ0v) is 27.0. The van der Waals surface area contributed by atoms with Gasteiger partial charge in [0.25, 0.3) is 11.8 Å². The van der Waals surface area contributed by atoms with Crippen molar-refractivity contribution < 1.29 is 23.6 Å². The molecule has 0 saturated carbocycles. The molecular formula is C34H41FN6O4S. The number of nitrogens with one attached hydrogen (secondary N) is 2. The van der Waals surface area contributed by atoms with E-state index in [0.29, 0.717) is 50.2 Å². The summed E-state index contributed by atoms with van der Waals surface area (Å²) in [5.74, 6) is -2.42. The highest BCUT2D eigenvalue weighted by atomic mass is 32.1. The Morgan fingerprint density at radius 2 is 1.91 bits per heavy atom. The fourth-order valence-electron chi connectivity index (χ4n) is 5.91. The molecule has 1 fully saturated rings. The number of hydrogen-bond donors (Lipinski definition) is 3. The van der Waals surface area contributed by atoms with Crippen LogP contribution in [0.2, 0.25) is 0 Å². The molecule has 10 nitrogen and oxygen atoms in total. The summed E-state index contributed by atoms with van der Waals surface area (Å²) in [5, 5.41) is 8.17. The molecule has 0 spiro atoms. The lowest BCUT2D eigenvalue weighted by molar-refractivity contribution is -0.126. The first kappa shape index (κ1) is 33.2. The number of thiazole rings is 1. The van der Waals surface area contributed by atoms with E-state index in [1.807, 2.05) is 44.2 Å². The van der Waals surface area contributed by atoms with Gasteiger partial charge in [-0.1, -0.05) is 50.2 Å². The molecule has 46 heavy (non-hydrogen) atoms. The van der Waals surface area contributed by atoms with Crippen molar-refractivity contribution in [1.82, 2.24) is 25.4 Å². The third kappa shape index (κ3) is 7.97. The van der Waals surface area contributed by atoms with Crippen molar-refractivity contribution in [3.63, 3.8) is 0 Å². The van der Waals surface area contributed by atoms with Gasteiger partial charge in [0.2, 0.25) is 11.8 Å². The maximum absolute atomic E-state index is 14.8. The number of carbonyl (C=O) groups excluding carboxylic acids is 4. The number of fused-ring (bicyclic) bond motifs is 3. The lowest BCUT2D eigenvalue weighted by Gasteiger charge is -2.32. The van der Waals surface area contributed by atoms with Gasteiger partial charge in [-0.25, -0.2) is 9.37 Å². The molecule has 1 aromatic heterocycles. The van der Waals surface area contributed by atoms with Gasteiger partial charge in [0.05, 0.1) is 18.2 Å². The minimum atomic E-state index is -0.771. The van der Waals surface area contributed by atoms with Crippen LogP contribution in [0.3, 0.4) is 0 Å². The second-order valence-electron chi connectivity index (χ2n) is 12.3. The maximum Gasteiger partial charge on any atom is 0.273 e. The zero-order valence-electron chi connectivity index (χ0n) is 26.2. The number of nitrogens with zero attached hydrogens (tertiary/aromatic N) is 3. The number of benzene rings is 2. The predicted molar refractivity (Wildman–Crippen MR) is 174 cm³/mol. The van der Waals surface area contributed by atoms with Gasteiger partial charge in [-0.2, -0.15) is 0 Å². The third-order valence-electron chi connectivity index (χ3n) is 8.57. The summed E-state index contributed by atoms with van der Waals surface area (Å²) < 4.78 is 14.8. The fourth-order valence-corrected chi connectivity index (χ4v) is 6.71. The van der Waals surface area contributed by atoms with Crippen LogP contribution < -0.4 is 16.4 Å². The highest BCUT2D eigenvalue weighted by Crippen LogP contribution is 2.24. The van der Waals surface area contributed by atoms with E-state index in [-0.39, 0.29) is 42.1 Å². The molecule has 2 bridgehead atoms. The number of rotatable bonds is 5. The van der Waals surface area contributed by atoms with Gasteiger partial charge in [-0.15, -0.1) is 11.3 Å². The molecule has 3 atom stereocenters. The Labute approximate surface area is 272 Å². The van der Waals surface area contributed by atoms with Crippen molar-refractivity contribution in [2.24, 2.45) is 11.7 Å². The van der Waals surface area contributed by atoms with Crippen LogP contribution in [0, 0.1) is 11.7 Å². The van der Waals surface area contributed by atoms with E-state index in [0.717, 1.165) is 11.1 Å². The molecule has 0 radical (unpaired) electrons. The molecular weight excluding hydrogens is 607 g/mol. The summed E-state index contributed by atoms with van der Waals surface area (Å²) in [6.07, 6.45) is 2.68. The molecule has 0 unspecified atom stereocenters. The highest BCUT2D eigenvalue weighted by molar-refractivity contribution is 7.09. The largest absolute Gasteiger partial charge is 0.355 e. The zero-order chi connectivity index (χ0) is 32.8. The van der Waals surface area contributed by atoms with E-state index in [1.165, 1.54) is 33.3 Å². The van der Waals surface area contributed by atoms with E-state index in [1.54, 1.807) is 11.4 Å². The molecule has 244 valence electrons. The van der Waals surface area contributed by atoms with Crippen LogP contribution in [-0.4, -0.2) is 76.7 Å². The van der Waals surface area contributed by atoms with Crippen LogP contribution in [0.25, 0.3) is 0 Å². The van der Waals surface area contributed by atoms with Crippen LogP contribution in [0.1, 0.15) is 76.1 Å². The average Bonchev–Trinajstić information content (AvgIpc) is 3.73. The molecule has 4 amide bonds. The standard InChI is InChI=1S/C34H41FN6O4S/c1-21(2)27-18-40(34(45)28-20-46-32(39-28)26(36)17-22-8-4-3-5-9-22)19-30(42)37-14-6-10-23-12-13-25(35)24(16-23)33(44)41-15-7-11-29(41)31(43)38-27/h3-5,8-9,12-13,16,20-21,26-27,29H,6-7,10-11,14-15,17-19,36H2,1-2H3,(H,37,42)(H,38,43)/t26-,27-,29-/m0/s1. The van der Waals surface area contributed by atoms with Crippen molar-refractivity contribution in [2.75, 3.05) is 26.2 Å². The Balaban J connectivity index is 1.39. The number of aromatic nitrogens is 1. The number of amides is 4. The number of hydrogen-bond acceptors (Lipinski definition) is 7. The first-order valence-electron chi connectivity index (χ1n) is 15.8. The smallest absolute Gasteiger partial charge is 0.273 e. The lowest BCUT2D eigenvalue weighted by atomic mass is 10.0. The number of nitrogens with two attached hydrogens (primary N) is 1. The van der Waals surface area contributed by atoms with Crippen molar-refractivity contribution in [3.05, 3.63) is 87.1 Å². The van der Waals surface area contributed by atoms with Crippen LogP contribution in [0.15, 0.2) is 53.9 Å². The molecule has 4 N–H and O–H groups in total. The first-order chi connectivity index (χ1) is 22.1. The molecule has 2 aliphatic heterocycles. The third-order valence-corrected chi connectivity index (χ3v) is 9.55. The Bertz CT molecular complexity index is 1560. The summed E-state index contributed by atoms with van der Waals surface area (Å²) in [4.78, 5) is 61.6. The summed E-state index contributed by atoms with van der Waals surface area (Å²) in [5.41, 5.74) is 8.38. The van der Waals surface area contributed by atoms with Crippen LogP contribution in [0.5, 0.6) is 0 Å². The SMILES string of the molecule is CC(C)[C@@H]1CN(C(=O)c2csc([C@@H](N)Cc3ccccc3)n2)CC(=O)NCCCc2ccc(F)c(c2)C(=O)N2CCC[C@H]2C(=O)N1. The monoisotopic (exact) mass is 648 g/mol. The quantitative estimate of drug-likeness (QED) is 0.388. The molecule has 2 aliphatic rings. The normalized spacial score (nSPS) is 20.6. The van der Waals surface area contributed by atoms with Gasteiger partial charge < -0.3 is 26.2 Å². The van der Waals surface area contributed by atoms with Crippen molar-refractivity contribution >= 4 is 35.0 Å². The summed E-state index contributed by atoms with van der Waals surface area (Å²) in [6.45, 7) is 4.32. The lowest BCUT2D eigenvalue weighted by Crippen LogP contribution is -2.55. The van der Waals surface area contributed by atoms with E-state index in [9.17, 15) is 23.6 Å². The number of halogens is 1. The van der Waals surface area contributed by atoms with Gasteiger partial charge in [0, 0.05) is 31.1 Å². The van der Waals surface area contributed by atoms with Gasteiger partial charge in [0.15, 0.2) is 0 Å². The Hall–Kier alpha value is -4.16. The van der Waals surface area contributed by atoms with Crippen LogP contribution in [0.4, 0.5) is 4.39 Å².